The third kappa shape index (κ3) is 11.7. The van der Waals surface area contributed by atoms with Gasteiger partial charge in [-0.3, -0.25) is 4.79 Å². The van der Waals surface area contributed by atoms with Crippen molar-refractivity contribution >= 4 is 5.97 Å². The highest BCUT2D eigenvalue weighted by atomic mass is 35.5. The first-order valence-electron chi connectivity index (χ1n) is 4.92. The maximum Gasteiger partial charge on any atom is 0.305 e. The number of likely N-dealkylation sites (N-methyl/N-ethyl adjacent to an activating group) is 1. The average Bonchev–Trinajstić information content (AvgIpc) is 1.98. The van der Waals surface area contributed by atoms with Crippen LogP contribution < -0.4 is 12.4 Å². The van der Waals surface area contributed by atoms with Crippen LogP contribution in [-0.2, 0) is 9.53 Å². The van der Waals surface area contributed by atoms with Gasteiger partial charge in [-0.15, -0.1) is 0 Å². The van der Waals surface area contributed by atoms with Crippen molar-refractivity contribution in [1.82, 2.24) is 0 Å². The second kappa shape index (κ2) is 8.06. The first-order valence-corrected chi connectivity index (χ1v) is 4.92. The van der Waals surface area contributed by atoms with Crippen LogP contribution in [0, 0.1) is 0 Å². The maximum absolute atomic E-state index is 11.1. The minimum absolute atomic E-state index is 0. The van der Waals surface area contributed by atoms with Gasteiger partial charge in [-0.05, 0) is 6.42 Å². The van der Waals surface area contributed by atoms with Crippen molar-refractivity contribution < 1.29 is 26.4 Å². The zero-order valence-corrected chi connectivity index (χ0v) is 10.4. The molecule has 3 nitrogen and oxygen atoms in total. The lowest BCUT2D eigenvalue weighted by molar-refractivity contribution is -0.870. The predicted octanol–water partition coefficient (Wildman–Crippen LogP) is -1.57. The standard InChI is InChI=1S/C10H22NO2.ClH/c1-5-6-7-10(12)13-9-8-11(2,3)4;/h5-9H2,1-4H3;1H/q+1;/p-1. The summed E-state index contributed by atoms with van der Waals surface area (Å²) in [5.41, 5.74) is 0. The predicted molar refractivity (Wildman–Crippen MR) is 53.4 cm³/mol. The summed E-state index contributed by atoms with van der Waals surface area (Å²) in [5, 5.41) is 0. The lowest BCUT2D eigenvalue weighted by Crippen LogP contribution is -3.00. The van der Waals surface area contributed by atoms with E-state index in [0.717, 1.165) is 23.9 Å². The van der Waals surface area contributed by atoms with E-state index in [1.54, 1.807) is 0 Å². The number of unbranched alkanes of at least 4 members (excludes halogenated alkanes) is 1. The van der Waals surface area contributed by atoms with Crippen LogP contribution in [0.1, 0.15) is 26.2 Å². The van der Waals surface area contributed by atoms with Crippen LogP contribution in [0.5, 0.6) is 0 Å². The molecule has 0 aromatic carbocycles. The van der Waals surface area contributed by atoms with Gasteiger partial charge in [-0.2, -0.15) is 0 Å². The molecule has 0 heterocycles. The van der Waals surface area contributed by atoms with Gasteiger partial charge in [0, 0.05) is 6.42 Å². The van der Waals surface area contributed by atoms with Crippen LogP contribution in [0.4, 0.5) is 0 Å². The third-order valence-corrected chi connectivity index (χ3v) is 1.76. The number of carbonyl (C=O) groups excluding carboxylic acids is 1. The van der Waals surface area contributed by atoms with Crippen LogP contribution >= 0.6 is 0 Å². The van der Waals surface area contributed by atoms with E-state index in [0.29, 0.717) is 13.0 Å². The van der Waals surface area contributed by atoms with Gasteiger partial charge in [-0.25, -0.2) is 0 Å². The van der Waals surface area contributed by atoms with Gasteiger partial charge in [0.15, 0.2) is 0 Å². The van der Waals surface area contributed by atoms with E-state index in [4.69, 9.17) is 4.74 Å². The molecule has 86 valence electrons. The Morgan fingerprint density at radius 1 is 1.29 bits per heavy atom. The van der Waals surface area contributed by atoms with Crippen molar-refractivity contribution in [2.24, 2.45) is 0 Å². The Labute approximate surface area is 93.4 Å². The number of esters is 1. The van der Waals surface area contributed by atoms with Gasteiger partial charge in [-0.1, -0.05) is 13.3 Å². The fourth-order valence-corrected chi connectivity index (χ4v) is 0.827. The van der Waals surface area contributed by atoms with E-state index >= 15 is 0 Å². The number of halogens is 1. The smallest absolute Gasteiger partial charge is 0.305 e. The van der Waals surface area contributed by atoms with Crippen molar-refractivity contribution in [2.75, 3.05) is 34.3 Å². The van der Waals surface area contributed by atoms with Crippen LogP contribution in [0.25, 0.3) is 0 Å². The molecule has 0 aromatic rings. The number of ether oxygens (including phenoxy) is 1. The molecule has 4 heteroatoms. The lowest BCUT2D eigenvalue weighted by atomic mass is 10.2. The quantitative estimate of drug-likeness (QED) is 0.402. The Kier molecular flexibility index (Phi) is 9.31. The van der Waals surface area contributed by atoms with Gasteiger partial charge >= 0.3 is 5.97 Å². The molecule has 0 spiro atoms. The molecule has 0 aliphatic heterocycles. The summed E-state index contributed by atoms with van der Waals surface area (Å²) < 4.78 is 5.90. The summed E-state index contributed by atoms with van der Waals surface area (Å²) in [6, 6.07) is 0. The molecular weight excluding hydrogens is 202 g/mol. The summed E-state index contributed by atoms with van der Waals surface area (Å²) in [5.74, 6) is -0.0599. The lowest BCUT2D eigenvalue weighted by Gasteiger charge is -2.23. The second-order valence-electron chi connectivity index (χ2n) is 4.34. The van der Waals surface area contributed by atoms with Crippen LogP contribution in [0.3, 0.4) is 0 Å². The zero-order valence-electron chi connectivity index (χ0n) is 9.68. The molecule has 0 bridgehead atoms. The van der Waals surface area contributed by atoms with E-state index < -0.39 is 0 Å². The van der Waals surface area contributed by atoms with Crippen molar-refractivity contribution in [3.8, 4) is 0 Å². The molecule has 0 atom stereocenters. The second-order valence-corrected chi connectivity index (χ2v) is 4.34. The van der Waals surface area contributed by atoms with Crippen molar-refractivity contribution in [3.05, 3.63) is 0 Å². The van der Waals surface area contributed by atoms with Crippen LogP contribution in [0.2, 0.25) is 0 Å². The number of rotatable bonds is 6. The molecular formula is C10H22ClNO2. The van der Waals surface area contributed by atoms with E-state index in [1.165, 1.54) is 0 Å². The summed E-state index contributed by atoms with van der Waals surface area (Å²) in [6.45, 7) is 3.48. The van der Waals surface area contributed by atoms with Crippen molar-refractivity contribution in [3.63, 3.8) is 0 Å². The monoisotopic (exact) mass is 223 g/mol. The number of nitrogens with zero attached hydrogens (tertiary/aromatic N) is 1. The number of carbonyl (C=O) groups is 1. The molecule has 14 heavy (non-hydrogen) atoms. The minimum atomic E-state index is -0.0599. The SMILES string of the molecule is CCCCC(=O)OCC[N+](C)(C)C.[Cl-]. The van der Waals surface area contributed by atoms with Gasteiger partial charge in [0.2, 0.25) is 0 Å². The Morgan fingerprint density at radius 3 is 2.29 bits per heavy atom. The first-order chi connectivity index (χ1) is 5.95. The van der Waals surface area contributed by atoms with Crippen molar-refractivity contribution in [1.29, 1.82) is 0 Å². The molecule has 0 saturated heterocycles. The molecule has 0 N–H and O–H groups in total. The Hall–Kier alpha value is -0.280. The first kappa shape index (κ1) is 16.2. The Morgan fingerprint density at radius 2 is 1.86 bits per heavy atom. The highest BCUT2D eigenvalue weighted by Gasteiger charge is 2.08. The summed E-state index contributed by atoms with van der Waals surface area (Å²) in [4.78, 5) is 11.1. The van der Waals surface area contributed by atoms with E-state index in [9.17, 15) is 4.79 Å². The number of quaternary nitrogens is 1. The summed E-state index contributed by atoms with van der Waals surface area (Å²) >= 11 is 0. The van der Waals surface area contributed by atoms with Crippen molar-refractivity contribution in [2.45, 2.75) is 26.2 Å². The van der Waals surface area contributed by atoms with Gasteiger partial charge in [0.1, 0.15) is 13.2 Å². The minimum Gasteiger partial charge on any atom is -1.00 e. The zero-order chi connectivity index (χ0) is 10.3. The highest BCUT2D eigenvalue weighted by Crippen LogP contribution is 1.97. The average molecular weight is 224 g/mol. The van der Waals surface area contributed by atoms with E-state index in [1.807, 2.05) is 0 Å². The van der Waals surface area contributed by atoms with Crippen LogP contribution in [-0.4, -0.2) is 44.7 Å². The molecule has 0 unspecified atom stereocenters. The molecule has 0 aliphatic rings. The molecule has 0 rings (SSSR count). The van der Waals surface area contributed by atoms with Gasteiger partial charge in [0.05, 0.1) is 21.1 Å². The molecule has 0 fully saturated rings. The van der Waals surface area contributed by atoms with Crippen LogP contribution in [0.15, 0.2) is 0 Å². The Balaban J connectivity index is 0. The highest BCUT2D eigenvalue weighted by molar-refractivity contribution is 5.69. The van der Waals surface area contributed by atoms with E-state index in [-0.39, 0.29) is 18.4 Å². The largest absolute Gasteiger partial charge is 1.00 e. The Bertz CT molecular complexity index is 155. The van der Waals surface area contributed by atoms with E-state index in [2.05, 4.69) is 28.1 Å². The summed E-state index contributed by atoms with van der Waals surface area (Å²) in [7, 11) is 6.25. The fourth-order valence-electron chi connectivity index (χ4n) is 0.827. The van der Waals surface area contributed by atoms with Gasteiger partial charge in [0.25, 0.3) is 0 Å². The molecule has 0 amide bonds. The number of hydrogen-bond donors (Lipinski definition) is 0. The fraction of sp³-hybridized carbons (Fsp3) is 0.900. The van der Waals surface area contributed by atoms with Gasteiger partial charge < -0.3 is 21.6 Å². The summed E-state index contributed by atoms with van der Waals surface area (Å²) in [6.07, 6.45) is 2.54. The molecule has 0 radical (unpaired) electrons. The maximum atomic E-state index is 11.1. The molecule has 0 aliphatic carbocycles. The third-order valence-electron chi connectivity index (χ3n) is 1.76. The topological polar surface area (TPSA) is 26.3 Å². The molecule has 0 aromatic heterocycles. The normalized spacial score (nSPS) is 10.6. The number of hydrogen-bond acceptors (Lipinski definition) is 2. The molecule has 0 saturated carbocycles.